The first-order chi connectivity index (χ1) is 5.19. The minimum atomic E-state index is -0.657. The van der Waals surface area contributed by atoms with Crippen molar-refractivity contribution in [1.29, 1.82) is 0 Å². The normalized spacial score (nSPS) is 30.4. The lowest BCUT2D eigenvalue weighted by Gasteiger charge is -2.19. The molecule has 0 bridgehead atoms. The molecule has 1 aliphatic rings. The minimum Gasteiger partial charge on any atom is -0.464 e. The molecule has 3 heteroatoms. The molecule has 3 nitrogen and oxygen atoms in total. The number of rotatable bonds is 2. The highest BCUT2D eigenvalue weighted by atomic mass is 16.6. The van der Waals surface area contributed by atoms with Crippen molar-refractivity contribution < 1.29 is 14.3 Å². The number of esters is 1. The molecule has 0 spiro atoms. The first-order valence-corrected chi connectivity index (χ1v) is 4.00. The van der Waals surface area contributed by atoms with Crippen LogP contribution in [0.4, 0.5) is 0 Å². The van der Waals surface area contributed by atoms with E-state index in [4.69, 9.17) is 9.47 Å². The zero-order valence-corrected chi connectivity index (χ0v) is 7.05. The van der Waals surface area contributed by atoms with Crippen molar-refractivity contribution in [3.8, 4) is 0 Å². The lowest BCUT2D eigenvalue weighted by Crippen LogP contribution is -2.35. The Hall–Kier alpha value is -0.570. The van der Waals surface area contributed by atoms with Crippen molar-refractivity contribution >= 4 is 5.97 Å². The van der Waals surface area contributed by atoms with Crippen LogP contribution in [0.1, 0.15) is 26.7 Å². The van der Waals surface area contributed by atoms with Crippen LogP contribution in [-0.4, -0.2) is 24.8 Å². The van der Waals surface area contributed by atoms with E-state index in [1.807, 2.05) is 0 Å². The van der Waals surface area contributed by atoms with Gasteiger partial charge in [-0.3, -0.25) is 0 Å². The monoisotopic (exact) mass is 158 g/mol. The van der Waals surface area contributed by atoms with Crippen LogP contribution in [0.3, 0.4) is 0 Å². The van der Waals surface area contributed by atoms with E-state index in [1.165, 1.54) is 0 Å². The quantitative estimate of drug-likeness (QED) is 0.565. The molecule has 64 valence electrons. The standard InChI is InChI=1S/C8H14O3/c1-3-10-7(9)8(2)5-4-6-11-8/h3-6H2,1-2H3/t8-/m1/s1. The van der Waals surface area contributed by atoms with Crippen molar-refractivity contribution in [2.24, 2.45) is 0 Å². The summed E-state index contributed by atoms with van der Waals surface area (Å²) in [5.74, 6) is -0.225. The molecule has 0 aliphatic carbocycles. The maximum Gasteiger partial charge on any atom is 0.338 e. The van der Waals surface area contributed by atoms with Gasteiger partial charge in [-0.15, -0.1) is 0 Å². The van der Waals surface area contributed by atoms with E-state index in [-0.39, 0.29) is 5.97 Å². The zero-order chi connectivity index (χ0) is 8.32. The Bertz CT molecular complexity index is 147. The zero-order valence-electron chi connectivity index (χ0n) is 7.05. The van der Waals surface area contributed by atoms with Crippen molar-refractivity contribution in [3.05, 3.63) is 0 Å². The highest BCUT2D eigenvalue weighted by Gasteiger charge is 2.38. The van der Waals surface area contributed by atoms with Gasteiger partial charge in [0.05, 0.1) is 6.61 Å². The average Bonchev–Trinajstić information content (AvgIpc) is 2.38. The largest absolute Gasteiger partial charge is 0.464 e. The third kappa shape index (κ3) is 1.71. The Morgan fingerprint density at radius 1 is 1.73 bits per heavy atom. The fourth-order valence-corrected chi connectivity index (χ4v) is 1.22. The van der Waals surface area contributed by atoms with Gasteiger partial charge in [0.15, 0.2) is 5.60 Å². The first-order valence-electron chi connectivity index (χ1n) is 4.00. The lowest BCUT2D eigenvalue weighted by molar-refractivity contribution is -0.164. The van der Waals surface area contributed by atoms with Crippen LogP contribution in [0.25, 0.3) is 0 Å². The smallest absolute Gasteiger partial charge is 0.338 e. The summed E-state index contributed by atoms with van der Waals surface area (Å²) in [5, 5.41) is 0. The van der Waals surface area contributed by atoms with Crippen molar-refractivity contribution in [2.75, 3.05) is 13.2 Å². The van der Waals surface area contributed by atoms with E-state index in [1.54, 1.807) is 13.8 Å². The molecule has 1 aliphatic heterocycles. The lowest BCUT2D eigenvalue weighted by atomic mass is 10.0. The Morgan fingerprint density at radius 2 is 2.45 bits per heavy atom. The summed E-state index contributed by atoms with van der Waals surface area (Å²) in [7, 11) is 0. The molecule has 0 N–H and O–H groups in total. The van der Waals surface area contributed by atoms with Gasteiger partial charge >= 0.3 is 5.97 Å². The molecular weight excluding hydrogens is 144 g/mol. The molecule has 11 heavy (non-hydrogen) atoms. The molecule has 0 saturated carbocycles. The molecule has 0 aromatic carbocycles. The van der Waals surface area contributed by atoms with E-state index < -0.39 is 5.60 Å². The first kappa shape index (κ1) is 8.53. The predicted octanol–water partition coefficient (Wildman–Crippen LogP) is 1.12. The Labute approximate surface area is 66.7 Å². The molecule has 1 fully saturated rings. The molecule has 1 saturated heterocycles. The Kier molecular flexibility index (Phi) is 2.49. The van der Waals surface area contributed by atoms with Crippen LogP contribution < -0.4 is 0 Å². The van der Waals surface area contributed by atoms with Gasteiger partial charge in [0.1, 0.15) is 0 Å². The van der Waals surface area contributed by atoms with Gasteiger partial charge in [-0.2, -0.15) is 0 Å². The molecule has 0 radical (unpaired) electrons. The van der Waals surface area contributed by atoms with Gasteiger partial charge in [0, 0.05) is 6.61 Å². The van der Waals surface area contributed by atoms with Crippen molar-refractivity contribution in [1.82, 2.24) is 0 Å². The summed E-state index contributed by atoms with van der Waals surface area (Å²) in [6, 6.07) is 0. The second kappa shape index (κ2) is 3.22. The third-order valence-corrected chi connectivity index (χ3v) is 1.93. The molecule has 0 amide bonds. The average molecular weight is 158 g/mol. The summed E-state index contributed by atoms with van der Waals surface area (Å²) in [6.07, 6.45) is 1.74. The van der Waals surface area contributed by atoms with Crippen LogP contribution >= 0.6 is 0 Å². The number of carbonyl (C=O) groups is 1. The molecule has 0 unspecified atom stereocenters. The van der Waals surface area contributed by atoms with E-state index in [0.29, 0.717) is 13.2 Å². The van der Waals surface area contributed by atoms with Gasteiger partial charge in [0.25, 0.3) is 0 Å². The van der Waals surface area contributed by atoms with Crippen LogP contribution in [0.2, 0.25) is 0 Å². The van der Waals surface area contributed by atoms with Gasteiger partial charge < -0.3 is 9.47 Å². The summed E-state index contributed by atoms with van der Waals surface area (Å²) in [5.41, 5.74) is -0.657. The predicted molar refractivity (Wildman–Crippen MR) is 40.2 cm³/mol. The maximum absolute atomic E-state index is 11.2. The molecule has 0 aromatic heterocycles. The number of carbonyl (C=O) groups excluding carboxylic acids is 1. The number of ether oxygens (including phenoxy) is 2. The van der Waals surface area contributed by atoms with Crippen LogP contribution in [0.15, 0.2) is 0 Å². The van der Waals surface area contributed by atoms with Crippen LogP contribution in [-0.2, 0) is 14.3 Å². The molecule has 1 heterocycles. The minimum absolute atomic E-state index is 0.225. The number of hydrogen-bond acceptors (Lipinski definition) is 3. The maximum atomic E-state index is 11.2. The summed E-state index contributed by atoms with van der Waals surface area (Å²) >= 11 is 0. The topological polar surface area (TPSA) is 35.5 Å². The SMILES string of the molecule is CCOC(=O)[C@@]1(C)CCCO1. The second-order valence-corrected chi connectivity index (χ2v) is 2.90. The van der Waals surface area contributed by atoms with E-state index in [9.17, 15) is 4.79 Å². The summed E-state index contributed by atoms with van der Waals surface area (Å²) in [4.78, 5) is 11.2. The highest BCUT2D eigenvalue weighted by Crippen LogP contribution is 2.26. The third-order valence-electron chi connectivity index (χ3n) is 1.93. The van der Waals surface area contributed by atoms with Crippen molar-refractivity contribution in [2.45, 2.75) is 32.3 Å². The van der Waals surface area contributed by atoms with Gasteiger partial charge in [-0.25, -0.2) is 4.79 Å². The summed E-state index contributed by atoms with van der Waals surface area (Å²) in [6.45, 7) is 4.70. The highest BCUT2D eigenvalue weighted by molar-refractivity contribution is 5.79. The fraction of sp³-hybridized carbons (Fsp3) is 0.875. The van der Waals surface area contributed by atoms with Crippen LogP contribution in [0.5, 0.6) is 0 Å². The van der Waals surface area contributed by atoms with E-state index in [0.717, 1.165) is 12.8 Å². The van der Waals surface area contributed by atoms with Crippen LogP contribution in [0, 0.1) is 0 Å². The van der Waals surface area contributed by atoms with Gasteiger partial charge in [0.2, 0.25) is 0 Å². The molecule has 1 atom stereocenters. The Morgan fingerprint density at radius 3 is 2.91 bits per heavy atom. The molecule has 1 rings (SSSR count). The molecular formula is C8H14O3. The van der Waals surface area contributed by atoms with Crippen molar-refractivity contribution in [3.63, 3.8) is 0 Å². The Balaban J connectivity index is 2.49. The molecule has 0 aromatic rings. The van der Waals surface area contributed by atoms with E-state index >= 15 is 0 Å². The van der Waals surface area contributed by atoms with E-state index in [2.05, 4.69) is 0 Å². The van der Waals surface area contributed by atoms with Gasteiger partial charge in [-0.1, -0.05) is 0 Å². The number of hydrogen-bond donors (Lipinski definition) is 0. The van der Waals surface area contributed by atoms with Gasteiger partial charge in [-0.05, 0) is 26.7 Å². The second-order valence-electron chi connectivity index (χ2n) is 2.90. The fourth-order valence-electron chi connectivity index (χ4n) is 1.22. The summed E-state index contributed by atoms with van der Waals surface area (Å²) < 4.78 is 10.1.